The Hall–Kier alpha value is -2.19. The standard InChI is InChI=1S/C15H18N4O3S/c1-23(20,21)19-12-6-3-11(4-7-12)5-8-13-17-14(18-22-13)15(16)9-2-10-15/h3-8,19H,2,9-10,16H2,1H3/b8-5+. The molecule has 0 radical (unpaired) electrons. The Labute approximate surface area is 134 Å². The van der Waals surface area contributed by atoms with Crippen LogP contribution < -0.4 is 10.5 Å². The largest absolute Gasteiger partial charge is 0.335 e. The quantitative estimate of drug-likeness (QED) is 0.864. The first-order valence-corrected chi connectivity index (χ1v) is 9.12. The van der Waals surface area contributed by atoms with Gasteiger partial charge in [0.1, 0.15) is 0 Å². The summed E-state index contributed by atoms with van der Waals surface area (Å²) in [6.07, 6.45) is 7.47. The number of rotatable bonds is 5. The topological polar surface area (TPSA) is 111 Å². The third-order valence-corrected chi connectivity index (χ3v) is 4.37. The highest BCUT2D eigenvalue weighted by Crippen LogP contribution is 2.36. The summed E-state index contributed by atoms with van der Waals surface area (Å²) in [5.41, 5.74) is 7.11. The van der Waals surface area contributed by atoms with E-state index >= 15 is 0 Å². The fraction of sp³-hybridized carbons (Fsp3) is 0.333. The monoisotopic (exact) mass is 334 g/mol. The number of nitrogens with two attached hydrogens (primary N) is 1. The fourth-order valence-corrected chi connectivity index (χ4v) is 2.89. The van der Waals surface area contributed by atoms with Crippen LogP contribution in [0.15, 0.2) is 28.8 Å². The van der Waals surface area contributed by atoms with Crippen molar-refractivity contribution in [3.8, 4) is 0 Å². The van der Waals surface area contributed by atoms with Gasteiger partial charge in [-0.1, -0.05) is 17.3 Å². The Morgan fingerprint density at radius 3 is 2.52 bits per heavy atom. The van der Waals surface area contributed by atoms with Crippen LogP contribution in [0.3, 0.4) is 0 Å². The Balaban J connectivity index is 1.68. The van der Waals surface area contributed by atoms with Gasteiger partial charge in [-0.25, -0.2) is 8.42 Å². The molecule has 0 spiro atoms. The molecule has 3 rings (SSSR count). The summed E-state index contributed by atoms with van der Waals surface area (Å²) >= 11 is 0. The molecule has 0 atom stereocenters. The summed E-state index contributed by atoms with van der Waals surface area (Å²) in [5, 5.41) is 3.94. The summed E-state index contributed by atoms with van der Waals surface area (Å²) in [6, 6.07) is 6.95. The van der Waals surface area contributed by atoms with Gasteiger partial charge in [0, 0.05) is 11.8 Å². The van der Waals surface area contributed by atoms with E-state index in [-0.39, 0.29) is 0 Å². The molecule has 3 N–H and O–H groups in total. The minimum absolute atomic E-state index is 0.398. The lowest BCUT2D eigenvalue weighted by molar-refractivity contribution is 0.229. The molecule has 0 aliphatic heterocycles. The Morgan fingerprint density at radius 1 is 1.26 bits per heavy atom. The lowest BCUT2D eigenvalue weighted by atomic mass is 9.77. The summed E-state index contributed by atoms with van der Waals surface area (Å²) < 4.78 is 29.9. The second-order valence-electron chi connectivity index (χ2n) is 5.80. The molecule has 2 aromatic rings. The van der Waals surface area contributed by atoms with Gasteiger partial charge < -0.3 is 10.3 Å². The number of anilines is 1. The van der Waals surface area contributed by atoms with Crippen molar-refractivity contribution < 1.29 is 12.9 Å². The average Bonchev–Trinajstić information content (AvgIpc) is 2.91. The van der Waals surface area contributed by atoms with Crippen molar-refractivity contribution in [2.75, 3.05) is 11.0 Å². The summed E-state index contributed by atoms with van der Waals surface area (Å²) in [6.45, 7) is 0. The maximum atomic E-state index is 11.1. The lowest BCUT2D eigenvalue weighted by Gasteiger charge is -2.34. The molecule has 8 heteroatoms. The maximum Gasteiger partial charge on any atom is 0.250 e. The minimum Gasteiger partial charge on any atom is -0.335 e. The van der Waals surface area contributed by atoms with E-state index in [1.165, 1.54) is 0 Å². The van der Waals surface area contributed by atoms with Crippen LogP contribution in [0.5, 0.6) is 0 Å². The molecule has 1 fully saturated rings. The number of nitrogens with zero attached hydrogens (tertiary/aromatic N) is 2. The van der Waals surface area contributed by atoms with E-state index in [0.29, 0.717) is 17.4 Å². The van der Waals surface area contributed by atoms with Gasteiger partial charge in [0.2, 0.25) is 10.0 Å². The van der Waals surface area contributed by atoms with Crippen molar-refractivity contribution in [1.82, 2.24) is 10.1 Å². The fourth-order valence-electron chi connectivity index (χ4n) is 2.33. The summed E-state index contributed by atoms with van der Waals surface area (Å²) in [7, 11) is -3.27. The van der Waals surface area contributed by atoms with Crippen LogP contribution in [0, 0.1) is 0 Å². The van der Waals surface area contributed by atoms with Crippen LogP contribution in [0.4, 0.5) is 5.69 Å². The Bertz CT molecular complexity index is 821. The molecule has 1 aromatic heterocycles. The molecule has 23 heavy (non-hydrogen) atoms. The van der Waals surface area contributed by atoms with E-state index in [1.807, 2.05) is 6.08 Å². The number of sulfonamides is 1. The average molecular weight is 334 g/mol. The van der Waals surface area contributed by atoms with Crippen LogP contribution in [-0.2, 0) is 15.6 Å². The summed E-state index contributed by atoms with van der Waals surface area (Å²) in [5.74, 6) is 0.950. The zero-order valence-electron chi connectivity index (χ0n) is 12.7. The van der Waals surface area contributed by atoms with E-state index in [4.69, 9.17) is 10.3 Å². The van der Waals surface area contributed by atoms with E-state index in [9.17, 15) is 8.42 Å². The van der Waals surface area contributed by atoms with E-state index in [0.717, 1.165) is 31.1 Å². The number of aromatic nitrogens is 2. The van der Waals surface area contributed by atoms with Crippen molar-refractivity contribution in [3.05, 3.63) is 41.5 Å². The highest BCUT2D eigenvalue weighted by atomic mass is 32.2. The first kappa shape index (κ1) is 15.7. The number of hydrogen-bond donors (Lipinski definition) is 2. The molecule has 1 aliphatic rings. The Kier molecular flexibility index (Phi) is 3.95. The van der Waals surface area contributed by atoms with Crippen molar-refractivity contribution in [2.24, 2.45) is 5.73 Å². The second kappa shape index (κ2) is 5.78. The normalized spacial score (nSPS) is 17.1. The highest BCUT2D eigenvalue weighted by molar-refractivity contribution is 7.92. The molecule has 0 amide bonds. The van der Waals surface area contributed by atoms with Gasteiger partial charge in [-0.3, -0.25) is 4.72 Å². The van der Waals surface area contributed by atoms with E-state index in [1.54, 1.807) is 30.3 Å². The van der Waals surface area contributed by atoms with Crippen LogP contribution in [0.25, 0.3) is 12.2 Å². The molecule has 1 aliphatic carbocycles. The molecule has 1 aromatic carbocycles. The second-order valence-corrected chi connectivity index (χ2v) is 7.54. The molecule has 122 valence electrons. The first-order chi connectivity index (χ1) is 10.8. The van der Waals surface area contributed by atoms with Crippen molar-refractivity contribution >= 4 is 27.9 Å². The molecule has 1 saturated carbocycles. The van der Waals surface area contributed by atoms with Gasteiger partial charge in [0.15, 0.2) is 5.82 Å². The third-order valence-electron chi connectivity index (χ3n) is 3.77. The van der Waals surface area contributed by atoms with Crippen LogP contribution >= 0.6 is 0 Å². The van der Waals surface area contributed by atoms with Gasteiger partial charge in [0.05, 0.1) is 11.8 Å². The van der Waals surface area contributed by atoms with Crippen molar-refractivity contribution in [3.63, 3.8) is 0 Å². The Morgan fingerprint density at radius 2 is 1.96 bits per heavy atom. The van der Waals surface area contributed by atoms with Crippen molar-refractivity contribution in [2.45, 2.75) is 24.8 Å². The summed E-state index contributed by atoms with van der Waals surface area (Å²) in [4.78, 5) is 4.30. The smallest absolute Gasteiger partial charge is 0.250 e. The third kappa shape index (κ3) is 3.77. The van der Waals surface area contributed by atoms with Gasteiger partial charge in [-0.2, -0.15) is 4.98 Å². The molecule has 0 unspecified atom stereocenters. The number of nitrogens with one attached hydrogen (secondary N) is 1. The number of benzene rings is 1. The highest BCUT2D eigenvalue weighted by Gasteiger charge is 2.38. The van der Waals surface area contributed by atoms with Crippen LogP contribution in [-0.4, -0.2) is 24.8 Å². The first-order valence-electron chi connectivity index (χ1n) is 7.23. The van der Waals surface area contributed by atoms with Gasteiger partial charge in [-0.05, 0) is 43.0 Å². The zero-order valence-corrected chi connectivity index (χ0v) is 13.5. The van der Waals surface area contributed by atoms with E-state index in [2.05, 4.69) is 14.9 Å². The SMILES string of the molecule is CS(=O)(=O)Nc1ccc(/C=C/c2nc(C3(N)CCC3)no2)cc1. The number of hydrogen-bond acceptors (Lipinski definition) is 6. The molecule has 0 bridgehead atoms. The van der Waals surface area contributed by atoms with Gasteiger partial charge in [0.25, 0.3) is 5.89 Å². The minimum atomic E-state index is -3.27. The van der Waals surface area contributed by atoms with Gasteiger partial charge in [-0.15, -0.1) is 0 Å². The molecular formula is C15H18N4O3S. The van der Waals surface area contributed by atoms with Gasteiger partial charge >= 0.3 is 0 Å². The molecule has 7 nitrogen and oxygen atoms in total. The molecule has 0 saturated heterocycles. The van der Waals surface area contributed by atoms with Crippen LogP contribution in [0.2, 0.25) is 0 Å². The predicted molar refractivity (Wildman–Crippen MR) is 87.9 cm³/mol. The molecular weight excluding hydrogens is 316 g/mol. The van der Waals surface area contributed by atoms with Crippen LogP contribution in [0.1, 0.15) is 36.5 Å². The maximum absolute atomic E-state index is 11.1. The van der Waals surface area contributed by atoms with E-state index < -0.39 is 15.6 Å². The zero-order chi connectivity index (χ0) is 16.5. The van der Waals surface area contributed by atoms with Crippen molar-refractivity contribution in [1.29, 1.82) is 0 Å². The lowest BCUT2D eigenvalue weighted by Crippen LogP contribution is -2.44. The predicted octanol–water partition coefficient (Wildman–Crippen LogP) is 1.95. The molecule has 1 heterocycles.